The van der Waals surface area contributed by atoms with Gasteiger partial charge in [0.15, 0.2) is 0 Å². The Morgan fingerprint density at radius 1 is 0.433 bits per heavy atom. The first-order chi connectivity index (χ1) is 56.2. The van der Waals surface area contributed by atoms with E-state index in [1.165, 1.54) is 204 Å². The van der Waals surface area contributed by atoms with E-state index < -0.39 is 0 Å². The van der Waals surface area contributed by atoms with Crippen molar-refractivity contribution in [1.29, 1.82) is 0 Å². The molecule has 9 rings (SSSR count). The zero-order valence-corrected chi connectivity index (χ0v) is 87.7. The monoisotopic (exact) mass is 1670 g/mol. The number of nitrogens with zero attached hydrogens (tertiary/aromatic N) is 1. The second-order valence-corrected chi connectivity index (χ2v) is 39.1. The number of aliphatic hydroxyl groups is 1. The highest BCUT2D eigenvalue weighted by Gasteiger charge is 2.11. The van der Waals surface area contributed by atoms with Gasteiger partial charge in [0.1, 0.15) is 5.82 Å². The quantitative estimate of drug-likeness (QED) is 0.0987. The average Bonchev–Trinajstić information content (AvgIpc) is 0.847. The molecule has 4 nitrogen and oxygen atoms in total. The van der Waals surface area contributed by atoms with Crippen molar-refractivity contribution < 1.29 is 19.0 Å². The molecule has 0 amide bonds. The normalized spacial score (nSPS) is 12.2. The van der Waals surface area contributed by atoms with Gasteiger partial charge in [0.25, 0.3) is 0 Å². The number of methoxy groups -OCH3 is 2. The molecule has 120 heavy (non-hydrogen) atoms. The summed E-state index contributed by atoms with van der Waals surface area (Å²) in [6, 6.07) is 54.2. The molecule has 0 heterocycles. The topological polar surface area (TPSA) is 41.9 Å². The fourth-order valence-electron chi connectivity index (χ4n) is 10.8. The van der Waals surface area contributed by atoms with Crippen LogP contribution in [-0.2, 0) is 16.1 Å². The van der Waals surface area contributed by atoms with E-state index in [1.807, 2.05) is 90.9 Å². The average molecular weight is 1670 g/mol. The molecule has 2 aliphatic carbocycles. The summed E-state index contributed by atoms with van der Waals surface area (Å²) in [5.74, 6) is 5.48. The van der Waals surface area contributed by atoms with Crippen LogP contribution in [0.4, 0.5) is 4.39 Å². The highest BCUT2D eigenvalue weighted by molar-refractivity contribution is 5.85. The minimum Gasteiger partial charge on any atom is -0.392 e. The molecule has 1 N–H and O–H groups in total. The second-order valence-electron chi connectivity index (χ2n) is 39.1. The Balaban J connectivity index is -0.000000187. The van der Waals surface area contributed by atoms with E-state index in [2.05, 4.69) is 317 Å². The summed E-state index contributed by atoms with van der Waals surface area (Å²) in [4.78, 5) is 2.25. The number of ether oxygens (including phenoxy) is 2. The summed E-state index contributed by atoms with van der Waals surface area (Å²) < 4.78 is 21.8. The third-order valence-electron chi connectivity index (χ3n) is 19.3. The lowest BCUT2D eigenvalue weighted by Crippen LogP contribution is -2.15. The van der Waals surface area contributed by atoms with Gasteiger partial charge in [-0.05, 0) is 179 Å². The summed E-state index contributed by atoms with van der Waals surface area (Å²) in [7, 11) is 5.54. The smallest absolute Gasteiger partial charge is 0.123 e. The Morgan fingerprint density at radius 3 is 1.11 bits per heavy atom. The number of halogens is 1. The van der Waals surface area contributed by atoms with E-state index in [0.29, 0.717) is 22.2 Å². The van der Waals surface area contributed by atoms with Gasteiger partial charge in [-0.1, -0.05) is 516 Å². The van der Waals surface area contributed by atoms with Crippen LogP contribution in [-0.4, -0.2) is 56.6 Å². The molecule has 0 aliphatic heterocycles. The second kappa shape index (κ2) is 87.3. The maximum Gasteiger partial charge on any atom is 0.123 e. The number of aryl methyl sites for hydroxylation is 5. The molecule has 2 fully saturated rings. The molecule has 0 bridgehead atoms. The van der Waals surface area contributed by atoms with Crippen LogP contribution in [0.5, 0.6) is 0 Å². The maximum atomic E-state index is 12.1. The molecule has 698 valence electrons. The van der Waals surface area contributed by atoms with Crippen molar-refractivity contribution in [3.63, 3.8) is 0 Å². The third-order valence-corrected chi connectivity index (χ3v) is 19.3. The Kier molecular flexibility index (Phi) is 94.9. The zero-order valence-electron chi connectivity index (χ0n) is 87.7. The van der Waals surface area contributed by atoms with Crippen molar-refractivity contribution in [2.45, 2.75) is 416 Å². The van der Waals surface area contributed by atoms with Crippen LogP contribution in [0.25, 0.3) is 21.5 Å². The lowest BCUT2D eigenvalue weighted by molar-refractivity contribution is 0.0397. The number of rotatable bonds is 17. The number of benzene rings is 7. The van der Waals surface area contributed by atoms with E-state index in [1.54, 1.807) is 26.4 Å². The highest BCUT2D eigenvalue weighted by Crippen LogP contribution is 2.26. The Hall–Kier alpha value is -5.17. The molecule has 1 unspecified atom stereocenters. The first-order valence-electron chi connectivity index (χ1n) is 48.2. The fourth-order valence-corrected chi connectivity index (χ4v) is 10.8. The van der Waals surface area contributed by atoms with E-state index in [9.17, 15) is 4.39 Å². The van der Waals surface area contributed by atoms with Gasteiger partial charge in [-0.2, -0.15) is 0 Å². The van der Waals surface area contributed by atoms with Crippen LogP contribution >= 0.6 is 0 Å². The van der Waals surface area contributed by atoms with Crippen LogP contribution < -0.4 is 0 Å². The number of fused-ring (bicyclic) bond motifs is 2. The van der Waals surface area contributed by atoms with E-state index >= 15 is 0 Å². The molecule has 0 spiro atoms. The molecule has 1 atom stereocenters. The molecule has 7 aromatic rings. The van der Waals surface area contributed by atoms with Crippen molar-refractivity contribution >= 4 is 21.5 Å². The van der Waals surface area contributed by atoms with E-state index in [4.69, 9.17) is 14.6 Å². The van der Waals surface area contributed by atoms with E-state index in [-0.39, 0.29) is 18.0 Å². The number of hydrogen-bond acceptors (Lipinski definition) is 4. The molecule has 5 heteroatoms. The van der Waals surface area contributed by atoms with Gasteiger partial charge in [-0.25, -0.2) is 4.39 Å². The van der Waals surface area contributed by atoms with Crippen molar-refractivity contribution in [2.75, 3.05) is 41.0 Å². The maximum absolute atomic E-state index is 12.1. The predicted molar refractivity (Wildman–Crippen MR) is 552 cm³/mol. The Labute approximate surface area is 752 Å². The first kappa shape index (κ1) is 130. The molecular weight excluding hydrogens is 1460 g/mol. The fraction of sp³-hybridized carbons (Fsp3) is 0.670. The van der Waals surface area contributed by atoms with Crippen molar-refractivity contribution in [3.05, 3.63) is 203 Å². The lowest BCUT2D eigenvalue weighted by Gasteiger charge is -2.18. The highest BCUT2D eigenvalue weighted by atomic mass is 19.1. The zero-order chi connectivity index (χ0) is 94.0. The van der Waals surface area contributed by atoms with E-state index in [0.717, 1.165) is 60.4 Å². The molecule has 7 aromatic carbocycles. The minimum atomic E-state index is -0.171. The number of hydrogen-bond donors (Lipinski definition) is 1. The third kappa shape index (κ3) is 109. The summed E-state index contributed by atoms with van der Waals surface area (Å²) in [5, 5.41) is 14.0. The largest absolute Gasteiger partial charge is 0.392 e. The molecular formula is C115H208FNO3. The minimum absolute atomic E-state index is 0.0417. The lowest BCUT2D eigenvalue weighted by atomic mass is 9.88. The van der Waals surface area contributed by atoms with Crippen molar-refractivity contribution in [3.8, 4) is 0 Å². The molecule has 0 aromatic heterocycles. The van der Waals surface area contributed by atoms with Gasteiger partial charge in [0.2, 0.25) is 0 Å². The van der Waals surface area contributed by atoms with Crippen LogP contribution in [0.3, 0.4) is 0 Å². The Morgan fingerprint density at radius 2 is 0.825 bits per heavy atom. The summed E-state index contributed by atoms with van der Waals surface area (Å²) >= 11 is 0. The number of aliphatic hydroxyl groups excluding tert-OH is 1. The summed E-state index contributed by atoms with van der Waals surface area (Å²) in [6.07, 6.45) is 32.7. The van der Waals surface area contributed by atoms with Crippen LogP contribution in [0.1, 0.15) is 403 Å². The van der Waals surface area contributed by atoms with Crippen LogP contribution in [0, 0.1) is 92.2 Å². The van der Waals surface area contributed by atoms with Crippen LogP contribution in [0.2, 0.25) is 0 Å². The van der Waals surface area contributed by atoms with Gasteiger partial charge in [-0.15, -0.1) is 0 Å². The SMILES string of the molecule is CC.CC(C)(C)C.CC(C)(C)C.CC1CCCCC1.CCC(C)CC.CCC1CCCCC1.CCCC(C)(C)C.CCCC(C)CCC.CCCCC(C)CC.CCN(C)CC.COC(C)(C)C.COCC(C)C.Cc1ccc(CO)cc1.Cc1ccc(F)cc1.Cc1ccc2ccccc2c1.Cc1cccc2ccccc12.Cc1ccccc1. The van der Waals surface area contributed by atoms with Gasteiger partial charge in [0, 0.05) is 20.8 Å². The predicted octanol–water partition coefficient (Wildman–Crippen LogP) is 38.0. The van der Waals surface area contributed by atoms with Gasteiger partial charge in [0.05, 0.1) is 12.2 Å². The standard InChI is InChI=1S/2C11H10.C8H10O.C8H16.2C8H18.C7H7F.C7H14.C7H8.C7H16.C6H14.C5H13N.2C5H12O.2C5H12.C2H6/c1-9-5-4-7-10-6-2-3-8-11(9)10;1-9-6-7-10-4-2-3-5-11(10)8-9;1-7-2-4-8(6-9)5-3-7;1-2-8-6-4-3-5-7-8;1-4-6-7-8(3)5-2;1-4-6-8(3)7-5-2;1-6-2-4-7(8)5-3-6;2*1-7-5-3-2-4-6-7;1-5-6-7(2,3)4;2*1-4-6(3)5-2;1-5(2)4-6-3;1-5(2,3)6-4;2*1-5(2,3)4;1-2/h2*2-8H,1H3;2-5,9H,6H2,1H3;8H,2-7H2,1H3;2*8H,4-7H2,1-3H3;2-5H,1H3;7H,2-6H2,1H3;2-6H,1H3;5-6H2,1-4H3;6H,4-5H2,1-3H3;4-5H2,1-3H3;5H,4H2,1-3H3;1-4H3;2*1-4H3;1-2H3. The van der Waals surface area contributed by atoms with Crippen molar-refractivity contribution in [1.82, 2.24) is 4.90 Å². The van der Waals surface area contributed by atoms with Crippen LogP contribution in [0.15, 0.2) is 164 Å². The van der Waals surface area contributed by atoms with Gasteiger partial charge < -0.3 is 19.5 Å². The molecule has 0 radical (unpaired) electrons. The first-order valence-corrected chi connectivity index (χ1v) is 48.2. The summed E-state index contributed by atoms with van der Waals surface area (Å²) in [5.41, 5.74) is 8.88. The number of unbranched alkanes of at least 4 members (excludes halogenated alkanes) is 1. The molecule has 2 aliphatic rings. The van der Waals surface area contributed by atoms with Gasteiger partial charge >= 0.3 is 0 Å². The van der Waals surface area contributed by atoms with Gasteiger partial charge in [-0.3, -0.25) is 0 Å². The van der Waals surface area contributed by atoms with Crippen molar-refractivity contribution in [2.24, 2.45) is 51.8 Å². The summed E-state index contributed by atoms with van der Waals surface area (Å²) in [6.45, 7) is 83.9. The molecule has 2 saturated carbocycles. The Bertz CT molecular complexity index is 3050. The molecule has 0 saturated heterocycles.